The van der Waals surface area contributed by atoms with Gasteiger partial charge in [0.2, 0.25) is 5.91 Å². The van der Waals surface area contributed by atoms with Crippen LogP contribution in [0.25, 0.3) is 0 Å². The molecule has 1 fully saturated rings. The van der Waals surface area contributed by atoms with E-state index < -0.39 is 11.7 Å². The Hall–Kier alpha value is -2.29. The molecule has 1 saturated heterocycles. The standard InChI is InChI=1S/C22H26F3N3O2.ClH/c1-27(21(30)11-16-7-8-17(12-19(16)26)22(23,24)25)20(15-5-3-2-4-6-15)14-28-10-9-18(29)13-28;/h2-8,12,18,20,29H,9-11,13-14,26H2,1H3;1H/t18-,20+;/m0./s1. The molecule has 0 spiro atoms. The monoisotopic (exact) mass is 457 g/mol. The number of aliphatic hydroxyl groups excluding tert-OH is 1. The van der Waals surface area contributed by atoms with E-state index in [1.54, 1.807) is 11.9 Å². The first-order valence-electron chi connectivity index (χ1n) is 9.81. The number of anilines is 1. The molecule has 1 aliphatic rings. The molecule has 3 N–H and O–H groups in total. The third-order valence-electron chi connectivity index (χ3n) is 5.54. The number of rotatable bonds is 6. The van der Waals surface area contributed by atoms with E-state index in [0.717, 1.165) is 24.2 Å². The Balaban J connectivity index is 0.00000341. The molecule has 1 heterocycles. The Labute approximate surface area is 186 Å². The molecule has 3 rings (SSSR count). The Morgan fingerprint density at radius 2 is 1.94 bits per heavy atom. The van der Waals surface area contributed by atoms with Crippen molar-refractivity contribution in [2.75, 3.05) is 32.4 Å². The molecule has 0 aromatic heterocycles. The third kappa shape index (κ3) is 6.35. The average Bonchev–Trinajstić information content (AvgIpc) is 3.11. The number of halogens is 4. The fourth-order valence-electron chi connectivity index (χ4n) is 3.74. The first-order chi connectivity index (χ1) is 14.1. The van der Waals surface area contributed by atoms with E-state index in [1.165, 1.54) is 6.07 Å². The van der Waals surface area contributed by atoms with Gasteiger partial charge in [-0.3, -0.25) is 9.69 Å². The van der Waals surface area contributed by atoms with Crippen LogP contribution >= 0.6 is 12.4 Å². The van der Waals surface area contributed by atoms with Crippen LogP contribution in [0, 0.1) is 0 Å². The minimum absolute atomic E-state index is 0. The fourth-order valence-corrected chi connectivity index (χ4v) is 3.74. The molecule has 1 amide bonds. The van der Waals surface area contributed by atoms with Gasteiger partial charge in [0.05, 0.1) is 24.1 Å². The second kappa shape index (κ2) is 10.3. The van der Waals surface area contributed by atoms with E-state index in [1.807, 2.05) is 30.3 Å². The first-order valence-corrected chi connectivity index (χ1v) is 9.81. The number of likely N-dealkylation sites (tertiary alicyclic amines) is 1. The summed E-state index contributed by atoms with van der Waals surface area (Å²) in [7, 11) is 1.69. The van der Waals surface area contributed by atoms with Crippen LogP contribution in [0.15, 0.2) is 48.5 Å². The summed E-state index contributed by atoms with van der Waals surface area (Å²) in [6.45, 7) is 1.86. The predicted octanol–water partition coefficient (Wildman–Crippen LogP) is 3.52. The van der Waals surface area contributed by atoms with E-state index in [2.05, 4.69) is 4.90 Å². The number of nitrogens with two attached hydrogens (primary N) is 1. The molecule has 0 saturated carbocycles. The molecular formula is C22H27ClF3N3O2. The lowest BCUT2D eigenvalue weighted by molar-refractivity contribution is -0.137. The highest BCUT2D eigenvalue weighted by atomic mass is 35.5. The van der Waals surface area contributed by atoms with Crippen molar-refractivity contribution in [3.05, 3.63) is 65.2 Å². The number of alkyl halides is 3. The maximum atomic E-state index is 13.0. The van der Waals surface area contributed by atoms with Gasteiger partial charge in [-0.25, -0.2) is 0 Å². The third-order valence-corrected chi connectivity index (χ3v) is 5.54. The van der Waals surface area contributed by atoms with Gasteiger partial charge in [-0.15, -0.1) is 12.4 Å². The van der Waals surface area contributed by atoms with Crippen molar-refractivity contribution < 1.29 is 23.1 Å². The summed E-state index contributed by atoms with van der Waals surface area (Å²) in [5, 5.41) is 9.82. The summed E-state index contributed by atoms with van der Waals surface area (Å²) in [6.07, 6.45) is -4.24. The molecule has 5 nitrogen and oxygen atoms in total. The van der Waals surface area contributed by atoms with Gasteiger partial charge in [0.25, 0.3) is 0 Å². The normalized spacial score (nSPS) is 17.8. The molecule has 1 aliphatic heterocycles. The van der Waals surface area contributed by atoms with Crippen molar-refractivity contribution in [3.63, 3.8) is 0 Å². The van der Waals surface area contributed by atoms with Gasteiger partial charge in [0.15, 0.2) is 0 Å². The summed E-state index contributed by atoms with van der Waals surface area (Å²) in [5.74, 6) is -0.241. The van der Waals surface area contributed by atoms with Crippen molar-refractivity contribution in [1.29, 1.82) is 0 Å². The molecule has 0 radical (unpaired) electrons. The van der Waals surface area contributed by atoms with Gasteiger partial charge < -0.3 is 15.7 Å². The van der Waals surface area contributed by atoms with E-state index in [9.17, 15) is 23.1 Å². The van der Waals surface area contributed by atoms with Crippen LogP contribution in [0.4, 0.5) is 18.9 Å². The number of nitrogen functional groups attached to an aromatic ring is 1. The Morgan fingerprint density at radius 1 is 1.26 bits per heavy atom. The summed E-state index contributed by atoms with van der Waals surface area (Å²) in [5.41, 5.74) is 6.23. The summed E-state index contributed by atoms with van der Waals surface area (Å²) < 4.78 is 38.6. The molecule has 170 valence electrons. The topological polar surface area (TPSA) is 69.8 Å². The fraction of sp³-hybridized carbons (Fsp3) is 0.409. The lowest BCUT2D eigenvalue weighted by Crippen LogP contribution is -2.39. The highest BCUT2D eigenvalue weighted by molar-refractivity contribution is 5.85. The number of aliphatic hydroxyl groups is 1. The number of β-amino-alcohol motifs (C(OH)–C–C–N with tert-alkyl or cyclic N) is 1. The van der Waals surface area contributed by atoms with Crippen molar-refractivity contribution in [3.8, 4) is 0 Å². The molecule has 0 unspecified atom stereocenters. The number of nitrogens with zero attached hydrogens (tertiary/aromatic N) is 2. The van der Waals surface area contributed by atoms with E-state index >= 15 is 0 Å². The van der Waals surface area contributed by atoms with Gasteiger partial charge in [0.1, 0.15) is 0 Å². The predicted molar refractivity (Wildman–Crippen MR) is 116 cm³/mol. The van der Waals surface area contributed by atoms with Crippen LogP contribution in [-0.2, 0) is 17.4 Å². The lowest BCUT2D eigenvalue weighted by atomic mass is 10.0. The number of carbonyl (C=O) groups is 1. The van der Waals surface area contributed by atoms with Gasteiger partial charge >= 0.3 is 6.18 Å². The zero-order chi connectivity index (χ0) is 21.9. The average molecular weight is 458 g/mol. The highest BCUT2D eigenvalue weighted by Crippen LogP contribution is 2.32. The van der Waals surface area contributed by atoms with Gasteiger partial charge in [-0.1, -0.05) is 36.4 Å². The Bertz CT molecular complexity index is 880. The second-order valence-electron chi connectivity index (χ2n) is 7.72. The summed E-state index contributed by atoms with van der Waals surface area (Å²) >= 11 is 0. The van der Waals surface area contributed by atoms with Crippen molar-refractivity contribution in [2.45, 2.75) is 31.2 Å². The number of carbonyl (C=O) groups excluding carboxylic acids is 1. The molecule has 0 bridgehead atoms. The molecule has 2 atom stereocenters. The van der Waals surface area contributed by atoms with E-state index in [0.29, 0.717) is 25.1 Å². The van der Waals surface area contributed by atoms with Crippen LogP contribution in [0.2, 0.25) is 0 Å². The van der Waals surface area contributed by atoms with Crippen molar-refractivity contribution in [2.24, 2.45) is 0 Å². The minimum atomic E-state index is -4.48. The van der Waals surface area contributed by atoms with Gasteiger partial charge in [0, 0.05) is 32.4 Å². The maximum Gasteiger partial charge on any atom is 0.416 e. The largest absolute Gasteiger partial charge is 0.416 e. The number of hydrogen-bond donors (Lipinski definition) is 2. The smallest absolute Gasteiger partial charge is 0.398 e. The molecule has 9 heteroatoms. The number of hydrogen-bond acceptors (Lipinski definition) is 4. The SMILES string of the molecule is CN(C(=O)Cc1ccc(C(F)(F)F)cc1N)[C@H](CN1CC[C@H](O)C1)c1ccccc1.Cl. The quantitative estimate of drug-likeness (QED) is 0.651. The Morgan fingerprint density at radius 3 is 2.48 bits per heavy atom. The first kappa shape index (κ1) is 25.0. The van der Waals surface area contributed by atoms with E-state index in [-0.39, 0.29) is 42.6 Å². The maximum absolute atomic E-state index is 13.0. The highest BCUT2D eigenvalue weighted by Gasteiger charge is 2.31. The van der Waals surface area contributed by atoms with E-state index in [4.69, 9.17) is 5.73 Å². The lowest BCUT2D eigenvalue weighted by Gasteiger charge is -2.32. The van der Waals surface area contributed by atoms with Crippen molar-refractivity contribution >= 4 is 24.0 Å². The number of benzene rings is 2. The zero-order valence-corrected chi connectivity index (χ0v) is 18.0. The molecule has 31 heavy (non-hydrogen) atoms. The molecule has 2 aromatic carbocycles. The Kier molecular flexibility index (Phi) is 8.34. The number of amides is 1. The summed E-state index contributed by atoms with van der Waals surface area (Å²) in [4.78, 5) is 16.7. The molecule has 0 aliphatic carbocycles. The second-order valence-corrected chi connectivity index (χ2v) is 7.72. The summed E-state index contributed by atoms with van der Waals surface area (Å²) in [6, 6.07) is 12.4. The molecule has 2 aromatic rings. The number of likely N-dealkylation sites (N-methyl/N-ethyl adjacent to an activating group) is 1. The van der Waals surface area contributed by atoms with Crippen LogP contribution in [0.1, 0.15) is 29.2 Å². The molecular weight excluding hydrogens is 431 g/mol. The van der Waals surface area contributed by atoms with Crippen LogP contribution in [-0.4, -0.2) is 53.6 Å². The van der Waals surface area contributed by atoms with Crippen LogP contribution in [0.3, 0.4) is 0 Å². The zero-order valence-electron chi connectivity index (χ0n) is 17.2. The van der Waals surface area contributed by atoms with Crippen LogP contribution < -0.4 is 5.73 Å². The van der Waals surface area contributed by atoms with Gasteiger partial charge in [-0.2, -0.15) is 13.2 Å². The minimum Gasteiger partial charge on any atom is -0.398 e. The van der Waals surface area contributed by atoms with Crippen molar-refractivity contribution in [1.82, 2.24) is 9.80 Å². The van der Waals surface area contributed by atoms with Gasteiger partial charge in [-0.05, 0) is 29.7 Å². The van der Waals surface area contributed by atoms with Crippen LogP contribution in [0.5, 0.6) is 0 Å².